The van der Waals surface area contributed by atoms with Gasteiger partial charge in [-0.25, -0.2) is 0 Å². The fraction of sp³-hybridized carbons (Fsp3) is 0.364. The molecule has 0 aliphatic rings. The average Bonchev–Trinajstić information content (AvgIpc) is 2.59. The molecule has 2 amide bonds. The maximum absolute atomic E-state index is 13.0. The standard InChI is InChI=1S/C22H21F6IN2O2/c1-11-10-12(17(21(23,24)25)22(26,27)28)8-9-15(11)30-18(32)13-6-5-7-14(29)16(13)19(33)31-20(2,3)4/h5-10,17H,1-4H3,(H,30,32)(H,31,33). The lowest BCUT2D eigenvalue weighted by Gasteiger charge is -2.24. The van der Waals surface area contributed by atoms with Crippen molar-refractivity contribution in [3.05, 3.63) is 62.2 Å². The Kier molecular flexibility index (Phi) is 7.76. The van der Waals surface area contributed by atoms with Crippen molar-refractivity contribution >= 4 is 40.1 Å². The van der Waals surface area contributed by atoms with Crippen molar-refractivity contribution in [1.82, 2.24) is 5.32 Å². The van der Waals surface area contributed by atoms with E-state index < -0.39 is 41.2 Å². The first kappa shape index (κ1) is 26.9. The van der Waals surface area contributed by atoms with Crippen LogP contribution in [-0.4, -0.2) is 29.7 Å². The summed E-state index contributed by atoms with van der Waals surface area (Å²) in [4.78, 5) is 25.6. The van der Waals surface area contributed by atoms with Gasteiger partial charge in [-0.1, -0.05) is 18.2 Å². The number of carbonyl (C=O) groups excluding carboxylic acids is 2. The normalized spacial score (nSPS) is 12.6. The summed E-state index contributed by atoms with van der Waals surface area (Å²) in [5.74, 6) is -4.87. The first-order valence-corrected chi connectivity index (χ1v) is 10.7. The largest absolute Gasteiger partial charge is 0.404 e. The van der Waals surface area contributed by atoms with Crippen LogP contribution < -0.4 is 10.6 Å². The zero-order chi connectivity index (χ0) is 25.4. The molecule has 0 spiro atoms. The van der Waals surface area contributed by atoms with Crippen molar-refractivity contribution < 1.29 is 35.9 Å². The maximum atomic E-state index is 13.0. The molecule has 0 bridgehead atoms. The summed E-state index contributed by atoms with van der Waals surface area (Å²) in [6.45, 7) is 6.58. The number of hydrogen-bond acceptors (Lipinski definition) is 2. The summed E-state index contributed by atoms with van der Waals surface area (Å²) in [5, 5.41) is 5.23. The average molecular weight is 586 g/mol. The number of nitrogens with one attached hydrogen (secondary N) is 2. The molecule has 180 valence electrons. The third kappa shape index (κ3) is 6.84. The van der Waals surface area contributed by atoms with Crippen LogP contribution >= 0.6 is 22.6 Å². The molecule has 0 atom stereocenters. The van der Waals surface area contributed by atoms with Crippen LogP contribution in [0.2, 0.25) is 0 Å². The second kappa shape index (κ2) is 9.51. The van der Waals surface area contributed by atoms with Crippen LogP contribution in [0.1, 0.15) is 58.5 Å². The number of benzene rings is 2. The fourth-order valence-corrected chi connectivity index (χ4v) is 3.85. The minimum atomic E-state index is -5.52. The summed E-state index contributed by atoms with van der Waals surface area (Å²) in [7, 11) is 0. The molecule has 11 heteroatoms. The van der Waals surface area contributed by atoms with Crippen LogP contribution in [0.4, 0.5) is 32.0 Å². The molecule has 0 saturated carbocycles. The highest BCUT2D eigenvalue weighted by atomic mass is 127. The van der Waals surface area contributed by atoms with E-state index in [9.17, 15) is 35.9 Å². The highest BCUT2D eigenvalue weighted by Gasteiger charge is 2.57. The lowest BCUT2D eigenvalue weighted by molar-refractivity contribution is -0.253. The van der Waals surface area contributed by atoms with Crippen molar-refractivity contribution in [3.8, 4) is 0 Å². The fourth-order valence-electron chi connectivity index (χ4n) is 3.11. The molecule has 4 nitrogen and oxygen atoms in total. The number of hydrogen-bond donors (Lipinski definition) is 2. The van der Waals surface area contributed by atoms with Crippen molar-refractivity contribution in [2.75, 3.05) is 5.32 Å². The van der Waals surface area contributed by atoms with Crippen molar-refractivity contribution in [3.63, 3.8) is 0 Å². The van der Waals surface area contributed by atoms with Gasteiger partial charge in [-0.05, 0) is 79.6 Å². The highest BCUT2D eigenvalue weighted by molar-refractivity contribution is 14.1. The molecule has 33 heavy (non-hydrogen) atoms. The molecule has 2 rings (SSSR count). The van der Waals surface area contributed by atoms with Crippen LogP contribution in [0.15, 0.2) is 36.4 Å². The van der Waals surface area contributed by atoms with E-state index in [-0.39, 0.29) is 22.4 Å². The van der Waals surface area contributed by atoms with Crippen molar-refractivity contribution in [2.45, 2.75) is 51.5 Å². The Morgan fingerprint density at radius 3 is 1.97 bits per heavy atom. The van der Waals surface area contributed by atoms with E-state index in [1.54, 1.807) is 32.9 Å². The summed E-state index contributed by atoms with van der Waals surface area (Å²) in [5.41, 5.74) is -1.42. The molecule has 0 heterocycles. The number of rotatable bonds is 4. The summed E-state index contributed by atoms with van der Waals surface area (Å²) < 4.78 is 78.6. The van der Waals surface area contributed by atoms with Gasteiger partial charge in [0, 0.05) is 14.8 Å². The molecule has 2 aromatic carbocycles. The Labute approximate surface area is 200 Å². The zero-order valence-electron chi connectivity index (χ0n) is 18.0. The van der Waals surface area contributed by atoms with Gasteiger partial charge in [0.2, 0.25) is 0 Å². The number of aryl methyl sites for hydroxylation is 1. The molecule has 2 aromatic rings. The highest BCUT2D eigenvalue weighted by Crippen LogP contribution is 2.46. The molecular weight excluding hydrogens is 565 g/mol. The zero-order valence-corrected chi connectivity index (χ0v) is 20.2. The van der Waals surface area contributed by atoms with E-state index in [2.05, 4.69) is 10.6 Å². The Morgan fingerprint density at radius 1 is 0.909 bits per heavy atom. The summed E-state index contributed by atoms with van der Waals surface area (Å²) in [6.07, 6.45) is -11.0. The van der Waals surface area contributed by atoms with E-state index in [1.807, 2.05) is 22.6 Å². The lowest BCUT2D eigenvalue weighted by atomic mass is 9.95. The number of amides is 2. The minimum Gasteiger partial charge on any atom is -0.347 e. The predicted molar refractivity (Wildman–Crippen MR) is 120 cm³/mol. The van der Waals surface area contributed by atoms with Gasteiger partial charge >= 0.3 is 12.4 Å². The topological polar surface area (TPSA) is 58.2 Å². The van der Waals surface area contributed by atoms with Gasteiger partial charge in [0.1, 0.15) is 0 Å². The van der Waals surface area contributed by atoms with Gasteiger partial charge in [-0.2, -0.15) is 26.3 Å². The number of alkyl halides is 6. The second-order valence-corrected chi connectivity index (χ2v) is 9.57. The Bertz CT molecular complexity index is 1040. The quantitative estimate of drug-likeness (QED) is 0.314. The van der Waals surface area contributed by atoms with Gasteiger partial charge in [0.05, 0.1) is 11.1 Å². The molecule has 0 aliphatic heterocycles. The predicted octanol–water partition coefficient (Wildman–Crippen LogP) is 6.59. The Hall–Kier alpha value is -2.31. The van der Waals surface area contributed by atoms with Crippen LogP contribution in [0.5, 0.6) is 0 Å². The molecular formula is C22H21F6IN2O2. The SMILES string of the molecule is Cc1cc(C(C(F)(F)F)C(F)(F)F)ccc1NC(=O)c1cccc(I)c1C(=O)NC(C)(C)C. The van der Waals surface area contributed by atoms with E-state index >= 15 is 0 Å². The number of anilines is 1. The second-order valence-electron chi connectivity index (χ2n) is 8.41. The third-order valence-electron chi connectivity index (χ3n) is 4.46. The van der Waals surface area contributed by atoms with Gasteiger partial charge in [0.25, 0.3) is 11.8 Å². The van der Waals surface area contributed by atoms with Gasteiger partial charge in [-0.3, -0.25) is 9.59 Å². The van der Waals surface area contributed by atoms with E-state index in [0.717, 1.165) is 12.1 Å². The monoisotopic (exact) mass is 586 g/mol. The lowest BCUT2D eigenvalue weighted by Crippen LogP contribution is -2.41. The maximum Gasteiger partial charge on any atom is 0.404 e. The molecule has 0 saturated heterocycles. The summed E-state index contributed by atoms with van der Waals surface area (Å²) in [6, 6.07) is 6.98. The van der Waals surface area contributed by atoms with E-state index in [1.165, 1.54) is 13.0 Å². The molecule has 0 unspecified atom stereocenters. The molecule has 0 radical (unpaired) electrons. The Balaban J connectivity index is 2.39. The van der Waals surface area contributed by atoms with Crippen LogP contribution in [0.3, 0.4) is 0 Å². The van der Waals surface area contributed by atoms with Gasteiger partial charge < -0.3 is 10.6 Å². The third-order valence-corrected chi connectivity index (χ3v) is 5.36. The molecule has 0 aromatic heterocycles. The van der Waals surface area contributed by atoms with Crippen LogP contribution in [-0.2, 0) is 0 Å². The van der Waals surface area contributed by atoms with E-state index in [0.29, 0.717) is 9.64 Å². The summed E-state index contributed by atoms with van der Waals surface area (Å²) >= 11 is 1.90. The first-order chi connectivity index (χ1) is 14.9. The first-order valence-electron chi connectivity index (χ1n) is 9.58. The van der Waals surface area contributed by atoms with E-state index in [4.69, 9.17) is 0 Å². The Morgan fingerprint density at radius 2 is 1.48 bits per heavy atom. The van der Waals surface area contributed by atoms with Crippen LogP contribution in [0.25, 0.3) is 0 Å². The molecule has 0 fully saturated rings. The smallest absolute Gasteiger partial charge is 0.347 e. The molecule has 2 N–H and O–H groups in total. The minimum absolute atomic E-state index is 0.00525. The van der Waals surface area contributed by atoms with Gasteiger partial charge in [0.15, 0.2) is 5.92 Å². The van der Waals surface area contributed by atoms with Gasteiger partial charge in [-0.15, -0.1) is 0 Å². The van der Waals surface area contributed by atoms with Crippen molar-refractivity contribution in [1.29, 1.82) is 0 Å². The van der Waals surface area contributed by atoms with Crippen molar-refractivity contribution in [2.24, 2.45) is 0 Å². The number of halogens is 7. The number of carbonyl (C=O) groups is 2. The van der Waals surface area contributed by atoms with Crippen LogP contribution in [0, 0.1) is 10.5 Å². The molecule has 0 aliphatic carbocycles.